The van der Waals surface area contributed by atoms with Crippen molar-refractivity contribution < 1.29 is 19.8 Å². The predicted octanol–water partition coefficient (Wildman–Crippen LogP) is -0.518. The molecule has 0 aromatic carbocycles. The first-order chi connectivity index (χ1) is 7.40. The fraction of sp³-hybridized carbons (Fsp3) is 0.667. The van der Waals surface area contributed by atoms with Gasteiger partial charge in [-0.3, -0.25) is 14.9 Å². The third-order valence-electron chi connectivity index (χ3n) is 2.09. The zero-order valence-electron chi connectivity index (χ0n) is 9.19. The lowest BCUT2D eigenvalue weighted by molar-refractivity contribution is -0.139. The molecule has 0 spiro atoms. The summed E-state index contributed by atoms with van der Waals surface area (Å²) in [6, 6.07) is -1.00. The second-order valence-electron chi connectivity index (χ2n) is 3.29. The Balaban J connectivity index is 0.000000293. The molecule has 0 aromatic rings. The van der Waals surface area contributed by atoms with E-state index >= 15 is 0 Å². The fourth-order valence-electron chi connectivity index (χ4n) is 0.946. The van der Waals surface area contributed by atoms with Gasteiger partial charge in [0.25, 0.3) is 0 Å². The van der Waals surface area contributed by atoms with E-state index in [1.54, 1.807) is 14.0 Å². The van der Waals surface area contributed by atoms with Crippen molar-refractivity contribution >= 4 is 29.0 Å². The SMILES string of the molecule is CN[C@@H](C)C(=O)O.O=C(O)[C@H]1NCCC1=S. The van der Waals surface area contributed by atoms with Gasteiger partial charge < -0.3 is 15.5 Å². The molecule has 92 valence electrons. The summed E-state index contributed by atoms with van der Waals surface area (Å²) in [6.45, 7) is 2.29. The molecule has 0 bridgehead atoms. The van der Waals surface area contributed by atoms with Crippen molar-refractivity contribution in [3.8, 4) is 0 Å². The van der Waals surface area contributed by atoms with Crippen LogP contribution in [-0.4, -0.2) is 52.7 Å². The third-order valence-corrected chi connectivity index (χ3v) is 2.53. The van der Waals surface area contributed by atoms with Crippen molar-refractivity contribution in [3.05, 3.63) is 0 Å². The number of hydrogen-bond donors (Lipinski definition) is 4. The number of carboxylic acids is 2. The average Bonchev–Trinajstić information content (AvgIpc) is 2.64. The van der Waals surface area contributed by atoms with Crippen molar-refractivity contribution in [1.82, 2.24) is 10.6 Å². The van der Waals surface area contributed by atoms with Gasteiger partial charge in [0.05, 0.1) is 0 Å². The van der Waals surface area contributed by atoms with Crippen molar-refractivity contribution in [2.24, 2.45) is 0 Å². The quantitative estimate of drug-likeness (QED) is 0.499. The van der Waals surface area contributed by atoms with Crippen LogP contribution in [0.1, 0.15) is 13.3 Å². The number of nitrogens with one attached hydrogen (secondary N) is 2. The molecule has 2 atom stereocenters. The number of hydrogen-bond acceptors (Lipinski definition) is 5. The second-order valence-corrected chi connectivity index (χ2v) is 3.81. The molecule has 1 rings (SSSR count). The number of thiocarbonyl (C=S) groups is 1. The van der Waals surface area contributed by atoms with E-state index in [0.29, 0.717) is 17.8 Å². The molecule has 6 nitrogen and oxygen atoms in total. The van der Waals surface area contributed by atoms with Gasteiger partial charge in [-0.25, -0.2) is 0 Å². The average molecular weight is 248 g/mol. The topological polar surface area (TPSA) is 98.7 Å². The molecule has 1 aliphatic rings. The molecule has 1 heterocycles. The van der Waals surface area contributed by atoms with Crippen LogP contribution in [0.25, 0.3) is 0 Å². The Morgan fingerprint density at radius 2 is 2.12 bits per heavy atom. The van der Waals surface area contributed by atoms with Crippen LogP contribution in [0.4, 0.5) is 0 Å². The summed E-state index contributed by atoms with van der Waals surface area (Å²) in [5, 5.41) is 21.9. The van der Waals surface area contributed by atoms with Gasteiger partial charge in [0.1, 0.15) is 12.1 Å². The molecule has 0 aromatic heterocycles. The number of rotatable bonds is 3. The second kappa shape index (κ2) is 7.26. The molecule has 4 N–H and O–H groups in total. The van der Waals surface area contributed by atoms with E-state index in [4.69, 9.17) is 22.4 Å². The molecule has 1 saturated heterocycles. The molecular formula is C9H16N2O4S. The first kappa shape index (κ1) is 14.9. The van der Waals surface area contributed by atoms with Crippen molar-refractivity contribution in [2.45, 2.75) is 25.4 Å². The van der Waals surface area contributed by atoms with E-state index in [2.05, 4.69) is 10.6 Å². The maximum absolute atomic E-state index is 10.3. The highest BCUT2D eigenvalue weighted by Crippen LogP contribution is 2.02. The summed E-state index contributed by atoms with van der Waals surface area (Å²) >= 11 is 4.77. The van der Waals surface area contributed by atoms with Crippen LogP contribution in [-0.2, 0) is 9.59 Å². The van der Waals surface area contributed by atoms with Crippen LogP contribution in [0, 0.1) is 0 Å². The van der Waals surface area contributed by atoms with Crippen LogP contribution in [0.3, 0.4) is 0 Å². The summed E-state index contributed by atoms with van der Waals surface area (Å²) in [5.41, 5.74) is 0. The van der Waals surface area contributed by atoms with Gasteiger partial charge in [-0.15, -0.1) is 0 Å². The molecule has 1 aliphatic heterocycles. The standard InChI is InChI=1S/C5H7NO2S.C4H9NO2/c7-5(8)4-3(9)1-2-6-4;1-3(5-2)4(6)7/h4,6H,1-2H2,(H,7,8);3,5H,1-2H3,(H,6,7)/t4-;3-/m00/s1. The summed E-state index contributed by atoms with van der Waals surface area (Å²) in [6.07, 6.45) is 0.715. The number of carboxylic acid groups (broad SMARTS) is 2. The van der Waals surface area contributed by atoms with Gasteiger partial charge in [-0.1, -0.05) is 12.2 Å². The van der Waals surface area contributed by atoms with Crippen LogP contribution in [0.15, 0.2) is 0 Å². The Kier molecular flexibility index (Phi) is 6.78. The molecule has 0 radical (unpaired) electrons. The lowest BCUT2D eigenvalue weighted by Gasteiger charge is -2.01. The van der Waals surface area contributed by atoms with Crippen LogP contribution < -0.4 is 10.6 Å². The van der Waals surface area contributed by atoms with E-state index in [1.165, 1.54) is 0 Å². The minimum absolute atomic E-state index is 0.431. The Hall–Kier alpha value is -1.05. The summed E-state index contributed by atoms with van der Waals surface area (Å²) in [5.74, 6) is -1.68. The summed E-state index contributed by atoms with van der Waals surface area (Å²) in [4.78, 5) is 20.7. The number of likely N-dealkylation sites (N-methyl/N-ethyl adjacent to an activating group) is 1. The molecule has 16 heavy (non-hydrogen) atoms. The lowest BCUT2D eigenvalue weighted by Crippen LogP contribution is -2.34. The highest BCUT2D eigenvalue weighted by Gasteiger charge is 2.26. The summed E-state index contributed by atoms with van der Waals surface area (Å²) < 4.78 is 0. The maximum Gasteiger partial charge on any atom is 0.325 e. The highest BCUT2D eigenvalue weighted by molar-refractivity contribution is 7.80. The largest absolute Gasteiger partial charge is 0.480 e. The fourth-order valence-corrected chi connectivity index (χ4v) is 1.23. The molecule has 0 unspecified atom stereocenters. The normalized spacial score (nSPS) is 20.9. The Labute approximate surface area is 99.0 Å². The van der Waals surface area contributed by atoms with Crippen molar-refractivity contribution in [3.63, 3.8) is 0 Å². The maximum atomic E-state index is 10.3. The number of aliphatic carboxylic acids is 2. The van der Waals surface area contributed by atoms with Gasteiger partial charge >= 0.3 is 11.9 Å². The van der Waals surface area contributed by atoms with E-state index in [0.717, 1.165) is 0 Å². The van der Waals surface area contributed by atoms with Crippen molar-refractivity contribution in [2.75, 3.05) is 13.6 Å². The van der Waals surface area contributed by atoms with E-state index in [9.17, 15) is 9.59 Å². The van der Waals surface area contributed by atoms with Gasteiger partial charge in [-0.05, 0) is 20.4 Å². The first-order valence-electron chi connectivity index (χ1n) is 4.79. The minimum atomic E-state index is -0.863. The zero-order chi connectivity index (χ0) is 12.7. The van der Waals surface area contributed by atoms with Gasteiger partial charge in [0.15, 0.2) is 0 Å². The Morgan fingerprint density at radius 1 is 1.56 bits per heavy atom. The van der Waals surface area contributed by atoms with Gasteiger partial charge in [-0.2, -0.15) is 0 Å². The molecule has 0 saturated carbocycles. The smallest absolute Gasteiger partial charge is 0.325 e. The van der Waals surface area contributed by atoms with E-state index in [1.807, 2.05) is 0 Å². The monoisotopic (exact) mass is 248 g/mol. The molecular weight excluding hydrogens is 232 g/mol. The predicted molar refractivity (Wildman–Crippen MR) is 62.8 cm³/mol. The van der Waals surface area contributed by atoms with E-state index < -0.39 is 24.0 Å². The Morgan fingerprint density at radius 3 is 2.25 bits per heavy atom. The Bertz CT molecular complexity index is 283. The third kappa shape index (κ3) is 5.15. The first-order valence-corrected chi connectivity index (χ1v) is 5.20. The van der Waals surface area contributed by atoms with Crippen LogP contribution in [0.2, 0.25) is 0 Å². The molecule has 1 fully saturated rings. The van der Waals surface area contributed by atoms with Crippen LogP contribution >= 0.6 is 12.2 Å². The summed E-state index contributed by atoms with van der Waals surface area (Å²) in [7, 11) is 1.61. The molecule has 7 heteroatoms. The number of carbonyl (C=O) groups is 2. The minimum Gasteiger partial charge on any atom is -0.480 e. The van der Waals surface area contributed by atoms with Crippen molar-refractivity contribution in [1.29, 1.82) is 0 Å². The molecule has 0 amide bonds. The zero-order valence-corrected chi connectivity index (χ0v) is 10.0. The van der Waals surface area contributed by atoms with E-state index in [-0.39, 0.29) is 0 Å². The van der Waals surface area contributed by atoms with Gasteiger partial charge in [0.2, 0.25) is 0 Å². The molecule has 0 aliphatic carbocycles. The van der Waals surface area contributed by atoms with Gasteiger partial charge in [0, 0.05) is 11.4 Å². The lowest BCUT2D eigenvalue weighted by atomic mass is 10.2. The van der Waals surface area contributed by atoms with Crippen LogP contribution in [0.5, 0.6) is 0 Å². The highest BCUT2D eigenvalue weighted by atomic mass is 32.1.